The van der Waals surface area contributed by atoms with Crippen molar-refractivity contribution in [2.75, 3.05) is 6.54 Å². The largest absolute Gasteiger partial charge is 0.326 e. The molecule has 1 amide bonds. The quantitative estimate of drug-likeness (QED) is 0.780. The minimum atomic E-state index is 0.0488. The monoisotopic (exact) mass is 226 g/mol. The Morgan fingerprint density at radius 2 is 2.00 bits per heavy atom. The Bertz CT molecular complexity index is 250. The van der Waals surface area contributed by atoms with E-state index < -0.39 is 0 Å². The summed E-state index contributed by atoms with van der Waals surface area (Å²) in [5.41, 5.74) is 0.215. The molecule has 0 radical (unpaired) electrons. The fourth-order valence-electron chi connectivity index (χ4n) is 2.13. The smallest absolute Gasteiger partial charge is 0.241 e. The van der Waals surface area contributed by atoms with E-state index in [0.717, 1.165) is 25.8 Å². The predicted octanol–water partition coefficient (Wildman–Crippen LogP) is 2.37. The van der Waals surface area contributed by atoms with Crippen LogP contribution >= 0.6 is 0 Å². The lowest BCUT2D eigenvalue weighted by Crippen LogP contribution is -2.41. The topological polar surface area (TPSA) is 32.3 Å². The van der Waals surface area contributed by atoms with Crippen molar-refractivity contribution < 1.29 is 4.79 Å². The SMILES string of the molecule is CCCC1NC(C)N(CC(C)(C)CC)C1=O. The predicted molar refractivity (Wildman–Crippen MR) is 67.1 cm³/mol. The first-order valence-corrected chi connectivity index (χ1v) is 6.48. The van der Waals surface area contributed by atoms with Gasteiger partial charge in [0.1, 0.15) is 0 Å². The number of carbonyl (C=O) groups excluding carboxylic acids is 1. The van der Waals surface area contributed by atoms with Crippen LogP contribution in [0.25, 0.3) is 0 Å². The van der Waals surface area contributed by atoms with Gasteiger partial charge in [-0.25, -0.2) is 0 Å². The van der Waals surface area contributed by atoms with Crippen molar-refractivity contribution in [1.82, 2.24) is 10.2 Å². The van der Waals surface area contributed by atoms with Gasteiger partial charge >= 0.3 is 0 Å². The highest BCUT2D eigenvalue weighted by Crippen LogP contribution is 2.25. The van der Waals surface area contributed by atoms with Gasteiger partial charge in [-0.15, -0.1) is 0 Å². The molecule has 0 aromatic carbocycles. The Morgan fingerprint density at radius 1 is 1.38 bits per heavy atom. The first-order valence-electron chi connectivity index (χ1n) is 6.48. The normalized spacial score (nSPS) is 26.6. The lowest BCUT2D eigenvalue weighted by atomic mass is 9.89. The lowest BCUT2D eigenvalue weighted by Gasteiger charge is -2.31. The third-order valence-electron chi connectivity index (χ3n) is 3.62. The number of nitrogens with one attached hydrogen (secondary N) is 1. The second kappa shape index (κ2) is 5.17. The molecule has 16 heavy (non-hydrogen) atoms. The third kappa shape index (κ3) is 2.97. The van der Waals surface area contributed by atoms with Crippen LogP contribution in [0.15, 0.2) is 0 Å². The standard InChI is InChI=1S/C13H26N2O/c1-6-8-11-12(16)15(10(3)14-11)9-13(4,5)7-2/h10-11,14H,6-9H2,1-5H3. The highest BCUT2D eigenvalue weighted by Gasteiger charge is 2.37. The molecule has 0 saturated carbocycles. The van der Waals surface area contributed by atoms with Crippen LogP contribution in [0, 0.1) is 5.41 Å². The van der Waals surface area contributed by atoms with Crippen molar-refractivity contribution in [2.45, 2.75) is 66.1 Å². The van der Waals surface area contributed by atoms with E-state index in [9.17, 15) is 4.79 Å². The van der Waals surface area contributed by atoms with Crippen molar-refractivity contribution in [2.24, 2.45) is 5.41 Å². The van der Waals surface area contributed by atoms with Gasteiger partial charge in [0.25, 0.3) is 0 Å². The molecule has 1 aliphatic rings. The van der Waals surface area contributed by atoms with Crippen molar-refractivity contribution in [1.29, 1.82) is 0 Å². The van der Waals surface area contributed by atoms with Crippen molar-refractivity contribution in [3.8, 4) is 0 Å². The van der Waals surface area contributed by atoms with E-state index in [-0.39, 0.29) is 23.5 Å². The molecule has 0 aliphatic carbocycles. The van der Waals surface area contributed by atoms with Gasteiger partial charge in [0.15, 0.2) is 0 Å². The van der Waals surface area contributed by atoms with Crippen LogP contribution in [0.1, 0.15) is 53.9 Å². The summed E-state index contributed by atoms with van der Waals surface area (Å²) in [5.74, 6) is 0.288. The van der Waals surface area contributed by atoms with Crippen LogP contribution in [0.2, 0.25) is 0 Å². The lowest BCUT2D eigenvalue weighted by molar-refractivity contribution is -0.131. The number of hydrogen-bond donors (Lipinski definition) is 1. The van der Waals surface area contributed by atoms with Gasteiger partial charge in [-0.05, 0) is 25.2 Å². The zero-order valence-electron chi connectivity index (χ0n) is 11.3. The molecule has 1 rings (SSSR count). The summed E-state index contributed by atoms with van der Waals surface area (Å²) in [7, 11) is 0. The third-order valence-corrected chi connectivity index (χ3v) is 3.62. The summed E-state index contributed by atoms with van der Waals surface area (Å²) >= 11 is 0. The van der Waals surface area contributed by atoms with Gasteiger partial charge in [-0.2, -0.15) is 0 Å². The van der Waals surface area contributed by atoms with E-state index in [1.807, 2.05) is 4.90 Å². The molecule has 0 spiro atoms. The zero-order valence-corrected chi connectivity index (χ0v) is 11.3. The van der Waals surface area contributed by atoms with Crippen LogP contribution < -0.4 is 5.32 Å². The molecule has 0 aromatic heterocycles. The highest BCUT2D eigenvalue weighted by molar-refractivity contribution is 5.84. The first kappa shape index (κ1) is 13.5. The molecule has 0 bridgehead atoms. The molecule has 1 aliphatic heterocycles. The molecule has 0 aromatic rings. The summed E-state index contributed by atoms with van der Waals surface area (Å²) in [5, 5.41) is 3.38. The average molecular weight is 226 g/mol. The average Bonchev–Trinajstić information content (AvgIpc) is 2.47. The maximum atomic E-state index is 12.2. The Balaban J connectivity index is 2.64. The van der Waals surface area contributed by atoms with Gasteiger partial charge in [-0.3, -0.25) is 10.1 Å². The maximum absolute atomic E-state index is 12.2. The minimum absolute atomic E-state index is 0.0488. The second-order valence-corrected chi connectivity index (χ2v) is 5.67. The molecule has 1 N–H and O–H groups in total. The Kier molecular flexibility index (Phi) is 4.36. The van der Waals surface area contributed by atoms with Gasteiger partial charge in [-0.1, -0.05) is 34.1 Å². The highest BCUT2D eigenvalue weighted by atomic mass is 16.2. The van der Waals surface area contributed by atoms with Crippen LogP contribution in [0.3, 0.4) is 0 Å². The molecular formula is C13H26N2O. The molecule has 2 unspecified atom stereocenters. The fourth-order valence-corrected chi connectivity index (χ4v) is 2.13. The Labute approximate surface area is 99.6 Å². The number of rotatable bonds is 5. The Hall–Kier alpha value is -0.570. The second-order valence-electron chi connectivity index (χ2n) is 5.67. The van der Waals surface area contributed by atoms with E-state index in [4.69, 9.17) is 0 Å². The molecule has 94 valence electrons. The van der Waals surface area contributed by atoms with Crippen LogP contribution in [0.4, 0.5) is 0 Å². The number of amides is 1. The van der Waals surface area contributed by atoms with E-state index in [2.05, 4.69) is 39.9 Å². The first-order chi connectivity index (χ1) is 7.41. The van der Waals surface area contributed by atoms with E-state index in [0.29, 0.717) is 0 Å². The van der Waals surface area contributed by atoms with E-state index in [1.54, 1.807) is 0 Å². The number of nitrogens with zero attached hydrogens (tertiary/aromatic N) is 1. The van der Waals surface area contributed by atoms with Gasteiger partial charge in [0.2, 0.25) is 5.91 Å². The summed E-state index contributed by atoms with van der Waals surface area (Å²) in [6.07, 6.45) is 3.30. The summed E-state index contributed by atoms with van der Waals surface area (Å²) in [6, 6.07) is 0.0488. The molecule has 3 heteroatoms. The molecule has 1 saturated heterocycles. The maximum Gasteiger partial charge on any atom is 0.241 e. The molecule has 2 atom stereocenters. The molecular weight excluding hydrogens is 200 g/mol. The molecule has 1 heterocycles. The van der Waals surface area contributed by atoms with Gasteiger partial charge in [0, 0.05) is 6.54 Å². The molecule has 3 nitrogen and oxygen atoms in total. The summed E-state index contributed by atoms with van der Waals surface area (Å²) < 4.78 is 0. The van der Waals surface area contributed by atoms with Crippen molar-refractivity contribution >= 4 is 5.91 Å². The van der Waals surface area contributed by atoms with Gasteiger partial charge < -0.3 is 4.90 Å². The van der Waals surface area contributed by atoms with Crippen LogP contribution in [0.5, 0.6) is 0 Å². The van der Waals surface area contributed by atoms with E-state index >= 15 is 0 Å². The van der Waals surface area contributed by atoms with E-state index in [1.165, 1.54) is 0 Å². The minimum Gasteiger partial charge on any atom is -0.326 e. The van der Waals surface area contributed by atoms with Crippen molar-refractivity contribution in [3.05, 3.63) is 0 Å². The fraction of sp³-hybridized carbons (Fsp3) is 0.923. The zero-order chi connectivity index (χ0) is 12.3. The Morgan fingerprint density at radius 3 is 2.50 bits per heavy atom. The van der Waals surface area contributed by atoms with Crippen LogP contribution in [-0.2, 0) is 4.79 Å². The van der Waals surface area contributed by atoms with Crippen molar-refractivity contribution in [3.63, 3.8) is 0 Å². The number of hydrogen-bond acceptors (Lipinski definition) is 2. The van der Waals surface area contributed by atoms with Crippen LogP contribution in [-0.4, -0.2) is 29.6 Å². The summed E-state index contributed by atoms with van der Waals surface area (Å²) in [6.45, 7) is 11.7. The summed E-state index contributed by atoms with van der Waals surface area (Å²) in [4.78, 5) is 14.2. The molecule has 1 fully saturated rings. The number of carbonyl (C=O) groups is 1. The van der Waals surface area contributed by atoms with Gasteiger partial charge in [0.05, 0.1) is 12.2 Å².